The molecule has 8 nitrogen and oxygen atoms in total. The van der Waals surface area contributed by atoms with Crippen molar-refractivity contribution in [3.63, 3.8) is 0 Å². The summed E-state index contributed by atoms with van der Waals surface area (Å²) in [4.78, 5) is 16.8. The number of anilines is 2. The van der Waals surface area contributed by atoms with E-state index in [-0.39, 0.29) is 0 Å². The van der Waals surface area contributed by atoms with Crippen LogP contribution >= 0.6 is 0 Å². The lowest BCUT2D eigenvalue weighted by atomic mass is 10.1. The summed E-state index contributed by atoms with van der Waals surface area (Å²) in [6.07, 6.45) is 5.69. The van der Waals surface area contributed by atoms with Gasteiger partial charge in [-0.05, 0) is 24.7 Å². The number of nitrogens with zero attached hydrogens (tertiary/aromatic N) is 6. The molecule has 106 valence electrons. The highest BCUT2D eigenvalue weighted by Gasteiger charge is 2.27. The minimum absolute atomic E-state index is 0.448. The number of rotatable bonds is 6. The first kappa shape index (κ1) is 12.8. The Balaban J connectivity index is 1.77. The van der Waals surface area contributed by atoms with Gasteiger partial charge in [-0.3, -0.25) is 0 Å². The lowest BCUT2D eigenvalue weighted by Gasteiger charge is -2.12. The van der Waals surface area contributed by atoms with Crippen LogP contribution in [0.4, 0.5) is 11.9 Å². The highest BCUT2D eigenvalue weighted by molar-refractivity contribution is 5.37. The van der Waals surface area contributed by atoms with E-state index in [4.69, 9.17) is 0 Å². The number of aromatic nitrogens is 6. The van der Waals surface area contributed by atoms with E-state index in [1.54, 1.807) is 13.4 Å². The van der Waals surface area contributed by atoms with Crippen molar-refractivity contribution >= 4 is 11.9 Å². The molecule has 1 unspecified atom stereocenters. The van der Waals surface area contributed by atoms with Gasteiger partial charge in [-0.1, -0.05) is 6.92 Å². The Labute approximate surface area is 117 Å². The molecule has 0 radical (unpaired) electrons. The summed E-state index contributed by atoms with van der Waals surface area (Å²) in [6, 6.07) is 0. The molecule has 2 aromatic rings. The number of hydrogen-bond donors (Lipinski definition) is 2. The highest BCUT2D eigenvalue weighted by atomic mass is 15.4. The molecule has 2 aromatic heterocycles. The monoisotopic (exact) mass is 274 g/mol. The third-order valence-electron chi connectivity index (χ3n) is 3.48. The maximum absolute atomic E-state index is 4.36. The maximum Gasteiger partial charge on any atom is 0.258 e. The van der Waals surface area contributed by atoms with Gasteiger partial charge in [0.15, 0.2) is 0 Å². The van der Waals surface area contributed by atoms with Crippen molar-refractivity contribution in [1.82, 2.24) is 29.7 Å². The minimum atomic E-state index is 0.448. The third kappa shape index (κ3) is 2.84. The molecule has 1 fully saturated rings. The summed E-state index contributed by atoms with van der Waals surface area (Å²) in [5.41, 5.74) is 0. The predicted octanol–water partition coefficient (Wildman–Crippen LogP) is 0.952. The largest absolute Gasteiger partial charge is 0.357 e. The van der Waals surface area contributed by atoms with Gasteiger partial charge in [0.25, 0.3) is 5.95 Å². The Morgan fingerprint density at radius 1 is 1.30 bits per heavy atom. The van der Waals surface area contributed by atoms with Gasteiger partial charge in [0.05, 0.1) is 0 Å². The van der Waals surface area contributed by atoms with Crippen LogP contribution in [0.2, 0.25) is 0 Å². The predicted molar refractivity (Wildman–Crippen MR) is 74.7 cm³/mol. The van der Waals surface area contributed by atoms with E-state index in [9.17, 15) is 0 Å². The fourth-order valence-corrected chi connectivity index (χ4v) is 2.05. The summed E-state index contributed by atoms with van der Waals surface area (Å²) in [5.74, 6) is 3.00. The van der Waals surface area contributed by atoms with Crippen LogP contribution in [0.1, 0.15) is 19.8 Å². The molecule has 1 aliphatic rings. The molecule has 3 rings (SSSR count). The molecule has 1 saturated carbocycles. The molecular formula is C12H18N8. The van der Waals surface area contributed by atoms with Crippen LogP contribution in [0.25, 0.3) is 5.95 Å². The van der Waals surface area contributed by atoms with Crippen LogP contribution in [0, 0.1) is 11.8 Å². The molecule has 1 aliphatic carbocycles. The summed E-state index contributed by atoms with van der Waals surface area (Å²) < 4.78 is 1.51. The Kier molecular flexibility index (Phi) is 3.44. The van der Waals surface area contributed by atoms with Gasteiger partial charge in [-0.15, -0.1) is 0 Å². The number of hydrogen-bond acceptors (Lipinski definition) is 7. The molecule has 0 spiro atoms. The van der Waals surface area contributed by atoms with Gasteiger partial charge in [0.1, 0.15) is 12.7 Å². The van der Waals surface area contributed by atoms with E-state index in [0.29, 0.717) is 23.8 Å². The van der Waals surface area contributed by atoms with Gasteiger partial charge in [-0.25, -0.2) is 4.98 Å². The second-order valence-corrected chi connectivity index (χ2v) is 5.07. The van der Waals surface area contributed by atoms with Crippen molar-refractivity contribution in [3.8, 4) is 5.95 Å². The zero-order valence-corrected chi connectivity index (χ0v) is 11.6. The SMILES string of the molecule is CNc1nc(NCC(C)C2CC2)nc(-n2cncn2)n1. The molecule has 0 bridgehead atoms. The lowest BCUT2D eigenvalue weighted by Crippen LogP contribution is -2.17. The van der Waals surface area contributed by atoms with Gasteiger partial charge < -0.3 is 10.6 Å². The molecule has 2 heterocycles. The Morgan fingerprint density at radius 2 is 2.10 bits per heavy atom. The second-order valence-electron chi connectivity index (χ2n) is 5.07. The van der Waals surface area contributed by atoms with Gasteiger partial charge in [-0.2, -0.15) is 24.7 Å². The van der Waals surface area contributed by atoms with Crippen molar-refractivity contribution in [2.24, 2.45) is 11.8 Å². The van der Waals surface area contributed by atoms with E-state index in [1.807, 2.05) is 0 Å². The summed E-state index contributed by atoms with van der Waals surface area (Å²) in [7, 11) is 1.77. The fraction of sp³-hybridized carbons (Fsp3) is 0.583. The van der Waals surface area contributed by atoms with Crippen LogP contribution in [0.5, 0.6) is 0 Å². The van der Waals surface area contributed by atoms with Crippen molar-refractivity contribution in [2.75, 3.05) is 24.2 Å². The van der Waals surface area contributed by atoms with E-state index in [2.05, 4.69) is 42.6 Å². The van der Waals surface area contributed by atoms with Gasteiger partial charge >= 0.3 is 0 Å². The van der Waals surface area contributed by atoms with E-state index in [1.165, 1.54) is 23.9 Å². The van der Waals surface area contributed by atoms with E-state index in [0.717, 1.165) is 12.5 Å². The van der Waals surface area contributed by atoms with Gasteiger partial charge in [0.2, 0.25) is 11.9 Å². The first-order valence-corrected chi connectivity index (χ1v) is 6.79. The Hall–Kier alpha value is -2.25. The number of nitrogens with one attached hydrogen (secondary N) is 2. The second kappa shape index (κ2) is 5.40. The average Bonchev–Trinajstić information content (AvgIpc) is 3.19. The Morgan fingerprint density at radius 3 is 2.75 bits per heavy atom. The summed E-state index contributed by atoms with van der Waals surface area (Å²) >= 11 is 0. The van der Waals surface area contributed by atoms with E-state index >= 15 is 0 Å². The first-order chi connectivity index (χ1) is 9.76. The maximum atomic E-state index is 4.36. The average molecular weight is 274 g/mol. The molecule has 0 aliphatic heterocycles. The fourth-order valence-electron chi connectivity index (χ4n) is 2.05. The van der Waals surface area contributed by atoms with Gasteiger partial charge in [0, 0.05) is 13.6 Å². The van der Waals surface area contributed by atoms with Crippen LogP contribution in [-0.2, 0) is 0 Å². The lowest BCUT2D eigenvalue weighted by molar-refractivity contribution is 0.535. The summed E-state index contributed by atoms with van der Waals surface area (Å²) in [6.45, 7) is 3.12. The van der Waals surface area contributed by atoms with Crippen LogP contribution < -0.4 is 10.6 Å². The quantitative estimate of drug-likeness (QED) is 0.810. The first-order valence-electron chi connectivity index (χ1n) is 6.79. The molecule has 8 heteroatoms. The zero-order valence-electron chi connectivity index (χ0n) is 11.6. The van der Waals surface area contributed by atoms with Crippen molar-refractivity contribution in [1.29, 1.82) is 0 Å². The molecule has 0 amide bonds. The normalized spacial score (nSPS) is 15.9. The summed E-state index contributed by atoms with van der Waals surface area (Å²) in [5, 5.41) is 10.2. The minimum Gasteiger partial charge on any atom is -0.357 e. The Bertz CT molecular complexity index is 563. The third-order valence-corrected chi connectivity index (χ3v) is 3.48. The van der Waals surface area contributed by atoms with E-state index < -0.39 is 0 Å². The molecule has 0 saturated heterocycles. The standard InChI is InChI=1S/C12H18N8/c1-8(9-3-4-9)5-15-11-17-10(13-2)18-12(19-11)20-7-14-6-16-20/h6-9H,3-5H2,1-2H3,(H2,13,15,17,18,19). The van der Waals surface area contributed by atoms with Crippen LogP contribution in [0.15, 0.2) is 12.7 Å². The molecule has 2 N–H and O–H groups in total. The van der Waals surface area contributed by atoms with Crippen LogP contribution in [0.3, 0.4) is 0 Å². The smallest absolute Gasteiger partial charge is 0.258 e. The van der Waals surface area contributed by atoms with Crippen molar-refractivity contribution in [3.05, 3.63) is 12.7 Å². The topological polar surface area (TPSA) is 93.4 Å². The van der Waals surface area contributed by atoms with Crippen molar-refractivity contribution < 1.29 is 0 Å². The van der Waals surface area contributed by atoms with Crippen molar-refractivity contribution in [2.45, 2.75) is 19.8 Å². The van der Waals surface area contributed by atoms with Crippen LogP contribution in [-0.4, -0.2) is 43.3 Å². The highest BCUT2D eigenvalue weighted by Crippen LogP contribution is 2.36. The molecule has 0 aromatic carbocycles. The zero-order chi connectivity index (χ0) is 13.9. The molecular weight excluding hydrogens is 256 g/mol. The molecule has 1 atom stereocenters. The molecule has 20 heavy (non-hydrogen) atoms.